The van der Waals surface area contributed by atoms with E-state index in [9.17, 15) is 4.79 Å². The van der Waals surface area contributed by atoms with Crippen molar-refractivity contribution in [2.75, 3.05) is 18.6 Å². The van der Waals surface area contributed by atoms with E-state index in [4.69, 9.17) is 4.74 Å². The topological polar surface area (TPSA) is 41.6 Å². The standard InChI is InChI=1S/C21H22N2O2S/c1-21(2)13-23(12-14-7-6-8-15(11-14)25-3)18-16-9-4-5-10-17(16)26-19(18)20(24)22-21/h4-11H,12-13H2,1-3H3,(H,22,24). The summed E-state index contributed by atoms with van der Waals surface area (Å²) in [5.74, 6) is 0.862. The van der Waals surface area contributed by atoms with E-state index in [0.29, 0.717) is 0 Å². The molecule has 0 aliphatic carbocycles. The zero-order valence-electron chi connectivity index (χ0n) is 15.2. The van der Waals surface area contributed by atoms with Crippen molar-refractivity contribution in [3.8, 4) is 5.75 Å². The Labute approximate surface area is 157 Å². The number of benzene rings is 2. The van der Waals surface area contributed by atoms with Crippen LogP contribution in [-0.4, -0.2) is 25.1 Å². The highest BCUT2D eigenvalue weighted by Gasteiger charge is 2.34. The minimum absolute atomic E-state index is 0.0133. The summed E-state index contributed by atoms with van der Waals surface area (Å²) in [4.78, 5) is 16.0. The number of carbonyl (C=O) groups is 1. The summed E-state index contributed by atoms with van der Waals surface area (Å²) >= 11 is 1.57. The molecule has 1 aromatic heterocycles. The lowest BCUT2D eigenvalue weighted by Gasteiger charge is -2.32. The van der Waals surface area contributed by atoms with Crippen molar-refractivity contribution in [3.63, 3.8) is 0 Å². The zero-order chi connectivity index (χ0) is 18.3. The van der Waals surface area contributed by atoms with Crippen LogP contribution in [0.15, 0.2) is 48.5 Å². The summed E-state index contributed by atoms with van der Waals surface area (Å²) in [5, 5.41) is 4.32. The maximum Gasteiger partial charge on any atom is 0.264 e. The zero-order valence-corrected chi connectivity index (χ0v) is 16.0. The Morgan fingerprint density at radius 2 is 2.00 bits per heavy atom. The molecular weight excluding hydrogens is 344 g/mol. The predicted octanol–water partition coefficient (Wildman–Crippen LogP) is 4.44. The Morgan fingerprint density at radius 1 is 1.19 bits per heavy atom. The maximum atomic E-state index is 12.8. The molecule has 1 amide bonds. The Balaban J connectivity index is 1.83. The molecule has 1 N–H and O–H groups in total. The molecule has 0 fully saturated rings. The van der Waals surface area contributed by atoms with Gasteiger partial charge in [0.15, 0.2) is 0 Å². The average molecular weight is 366 g/mol. The summed E-state index contributed by atoms with van der Waals surface area (Å²) in [7, 11) is 1.68. The van der Waals surface area contributed by atoms with Gasteiger partial charge in [-0.25, -0.2) is 0 Å². The van der Waals surface area contributed by atoms with Gasteiger partial charge in [0.1, 0.15) is 10.6 Å². The predicted molar refractivity (Wildman–Crippen MR) is 107 cm³/mol. The fraction of sp³-hybridized carbons (Fsp3) is 0.286. The van der Waals surface area contributed by atoms with Crippen molar-refractivity contribution < 1.29 is 9.53 Å². The first-order chi connectivity index (χ1) is 12.5. The van der Waals surface area contributed by atoms with Gasteiger partial charge in [-0.1, -0.05) is 30.3 Å². The molecule has 2 heterocycles. The van der Waals surface area contributed by atoms with Crippen LogP contribution < -0.4 is 15.0 Å². The van der Waals surface area contributed by atoms with Crippen molar-refractivity contribution in [1.82, 2.24) is 5.32 Å². The van der Waals surface area contributed by atoms with Crippen LogP contribution in [0, 0.1) is 0 Å². The molecule has 1 aliphatic rings. The summed E-state index contributed by atoms with van der Waals surface area (Å²) in [6.07, 6.45) is 0. The van der Waals surface area contributed by atoms with Gasteiger partial charge in [0.25, 0.3) is 5.91 Å². The Bertz CT molecular complexity index is 977. The molecule has 4 rings (SSSR count). The summed E-state index contributed by atoms with van der Waals surface area (Å²) in [6.45, 7) is 5.61. The molecule has 134 valence electrons. The van der Waals surface area contributed by atoms with E-state index in [0.717, 1.165) is 45.1 Å². The van der Waals surface area contributed by atoms with Gasteiger partial charge in [-0.3, -0.25) is 4.79 Å². The molecule has 4 nitrogen and oxygen atoms in total. The minimum Gasteiger partial charge on any atom is -0.497 e. The van der Waals surface area contributed by atoms with E-state index < -0.39 is 0 Å². The first-order valence-corrected chi connectivity index (χ1v) is 9.50. The number of carbonyl (C=O) groups excluding carboxylic acids is 1. The lowest BCUT2D eigenvalue weighted by molar-refractivity contribution is 0.0925. The van der Waals surface area contributed by atoms with E-state index >= 15 is 0 Å². The molecule has 0 bridgehead atoms. The number of fused-ring (bicyclic) bond motifs is 3. The highest BCUT2D eigenvalue weighted by molar-refractivity contribution is 7.21. The van der Waals surface area contributed by atoms with Crippen LogP contribution in [0.2, 0.25) is 0 Å². The molecule has 5 heteroatoms. The number of nitrogens with one attached hydrogen (secondary N) is 1. The van der Waals surface area contributed by atoms with E-state index in [-0.39, 0.29) is 11.4 Å². The van der Waals surface area contributed by atoms with Gasteiger partial charge in [0.2, 0.25) is 0 Å². The summed E-state index contributed by atoms with van der Waals surface area (Å²) < 4.78 is 6.51. The molecule has 0 radical (unpaired) electrons. The van der Waals surface area contributed by atoms with E-state index in [1.807, 2.05) is 24.3 Å². The molecule has 0 unspecified atom stereocenters. The van der Waals surface area contributed by atoms with Crippen LogP contribution in [0.3, 0.4) is 0 Å². The monoisotopic (exact) mass is 366 g/mol. The van der Waals surface area contributed by atoms with Gasteiger partial charge in [0.05, 0.1) is 18.3 Å². The van der Waals surface area contributed by atoms with Crippen molar-refractivity contribution >= 4 is 33.0 Å². The average Bonchev–Trinajstić information content (AvgIpc) is 2.96. The van der Waals surface area contributed by atoms with Crippen molar-refractivity contribution in [1.29, 1.82) is 0 Å². The van der Waals surface area contributed by atoms with Crippen LogP contribution in [0.4, 0.5) is 5.69 Å². The fourth-order valence-electron chi connectivity index (χ4n) is 3.59. The van der Waals surface area contributed by atoms with Gasteiger partial charge in [-0.05, 0) is 37.6 Å². The second kappa shape index (κ2) is 6.32. The number of thiophene rings is 1. The van der Waals surface area contributed by atoms with Gasteiger partial charge >= 0.3 is 0 Å². The highest BCUT2D eigenvalue weighted by atomic mass is 32.1. The largest absolute Gasteiger partial charge is 0.497 e. The molecule has 2 aromatic carbocycles. The van der Waals surface area contributed by atoms with Gasteiger partial charge in [0, 0.05) is 23.2 Å². The number of rotatable bonds is 3. The van der Waals surface area contributed by atoms with Crippen molar-refractivity contribution in [2.24, 2.45) is 0 Å². The third-order valence-corrected chi connectivity index (χ3v) is 5.80. The van der Waals surface area contributed by atoms with E-state index in [1.54, 1.807) is 18.4 Å². The first kappa shape index (κ1) is 16.9. The summed E-state index contributed by atoms with van der Waals surface area (Å²) in [5.41, 5.74) is 1.89. The third-order valence-electron chi connectivity index (χ3n) is 4.64. The number of hydrogen-bond donors (Lipinski definition) is 1. The lowest BCUT2D eigenvalue weighted by atomic mass is 10.0. The molecule has 0 saturated carbocycles. The smallest absolute Gasteiger partial charge is 0.264 e. The molecule has 0 atom stereocenters. The van der Waals surface area contributed by atoms with E-state index in [1.165, 1.54) is 0 Å². The number of amides is 1. The van der Waals surface area contributed by atoms with Crippen molar-refractivity contribution in [3.05, 3.63) is 59.0 Å². The van der Waals surface area contributed by atoms with Gasteiger partial charge in [-0.15, -0.1) is 11.3 Å². The van der Waals surface area contributed by atoms with Gasteiger partial charge < -0.3 is 15.0 Å². The Hall–Kier alpha value is -2.53. The molecular formula is C21H22N2O2S. The second-order valence-electron chi connectivity index (χ2n) is 7.32. The molecule has 26 heavy (non-hydrogen) atoms. The SMILES string of the molecule is COc1cccc(CN2CC(C)(C)NC(=O)c3sc4ccccc4c32)c1. The highest BCUT2D eigenvalue weighted by Crippen LogP contribution is 2.41. The number of hydrogen-bond acceptors (Lipinski definition) is 4. The van der Waals surface area contributed by atoms with Crippen LogP contribution >= 0.6 is 11.3 Å². The van der Waals surface area contributed by atoms with Crippen LogP contribution in [-0.2, 0) is 6.54 Å². The third kappa shape index (κ3) is 3.03. The van der Waals surface area contributed by atoms with E-state index in [2.05, 4.69) is 48.3 Å². The van der Waals surface area contributed by atoms with Crippen molar-refractivity contribution in [2.45, 2.75) is 25.9 Å². The van der Waals surface area contributed by atoms with Crippen LogP contribution in [0.5, 0.6) is 5.75 Å². The second-order valence-corrected chi connectivity index (χ2v) is 8.37. The number of ether oxygens (including phenoxy) is 1. The number of nitrogens with zero attached hydrogens (tertiary/aromatic N) is 1. The fourth-order valence-corrected chi connectivity index (χ4v) is 4.71. The normalized spacial score (nSPS) is 16.1. The molecule has 0 saturated heterocycles. The van der Waals surface area contributed by atoms with Crippen LogP contribution in [0.1, 0.15) is 29.1 Å². The van der Waals surface area contributed by atoms with Gasteiger partial charge in [-0.2, -0.15) is 0 Å². The molecule has 3 aromatic rings. The number of methoxy groups -OCH3 is 1. The molecule has 0 spiro atoms. The first-order valence-electron chi connectivity index (χ1n) is 8.69. The Morgan fingerprint density at radius 3 is 2.81 bits per heavy atom. The Kier molecular flexibility index (Phi) is 4.11. The van der Waals surface area contributed by atoms with Crippen LogP contribution in [0.25, 0.3) is 10.1 Å². The number of anilines is 1. The minimum atomic E-state index is -0.310. The quantitative estimate of drug-likeness (QED) is 0.745. The summed E-state index contributed by atoms with van der Waals surface area (Å²) in [6, 6.07) is 16.4. The molecule has 1 aliphatic heterocycles. The maximum absolute atomic E-state index is 12.8. The lowest BCUT2D eigenvalue weighted by Crippen LogP contribution is -2.48.